The van der Waals surface area contributed by atoms with Crippen LogP contribution in [-0.4, -0.2) is 56.2 Å². The van der Waals surface area contributed by atoms with Crippen molar-refractivity contribution in [3.63, 3.8) is 0 Å². The van der Waals surface area contributed by atoms with Crippen molar-refractivity contribution in [3.05, 3.63) is 23.9 Å². The summed E-state index contributed by atoms with van der Waals surface area (Å²) in [7, 11) is -1.69. The number of rotatable bonds is 5. The maximum Gasteiger partial charge on any atom is 0.315 e. The highest BCUT2D eigenvalue weighted by molar-refractivity contribution is 7.88. The second kappa shape index (κ2) is 7.60. The van der Waals surface area contributed by atoms with Crippen LogP contribution in [0.1, 0.15) is 18.4 Å². The summed E-state index contributed by atoms with van der Waals surface area (Å²) in [6.07, 6.45) is 4.30. The zero-order valence-corrected chi connectivity index (χ0v) is 14.1. The van der Waals surface area contributed by atoms with E-state index in [-0.39, 0.29) is 12.1 Å². The van der Waals surface area contributed by atoms with E-state index < -0.39 is 10.0 Å². The summed E-state index contributed by atoms with van der Waals surface area (Å²) < 4.78 is 29.6. The number of nitrogens with zero attached hydrogens (tertiary/aromatic N) is 2. The Bertz CT molecular complexity index is 650. The number of amides is 2. The predicted octanol–water partition coefficient (Wildman–Crippen LogP) is 0.313. The van der Waals surface area contributed by atoms with Gasteiger partial charge in [-0.2, -0.15) is 0 Å². The van der Waals surface area contributed by atoms with Gasteiger partial charge in [-0.1, -0.05) is 0 Å². The fourth-order valence-corrected chi connectivity index (χ4v) is 3.36. The quantitative estimate of drug-likeness (QED) is 0.802. The van der Waals surface area contributed by atoms with Gasteiger partial charge in [0.05, 0.1) is 13.4 Å². The summed E-state index contributed by atoms with van der Waals surface area (Å²) in [6, 6.07) is 3.03. The number of aromatic nitrogens is 1. The molecule has 0 spiro atoms. The van der Waals surface area contributed by atoms with Gasteiger partial charge in [0, 0.05) is 37.9 Å². The van der Waals surface area contributed by atoms with E-state index in [1.807, 2.05) is 0 Å². The number of hydrogen-bond acceptors (Lipinski definition) is 5. The van der Waals surface area contributed by atoms with Crippen molar-refractivity contribution in [1.82, 2.24) is 19.9 Å². The molecule has 1 unspecified atom stereocenters. The summed E-state index contributed by atoms with van der Waals surface area (Å²) in [5.74, 6) is 0.487. The smallest absolute Gasteiger partial charge is 0.315 e. The van der Waals surface area contributed by atoms with Crippen LogP contribution in [0.25, 0.3) is 0 Å². The van der Waals surface area contributed by atoms with Crippen molar-refractivity contribution in [2.45, 2.75) is 25.4 Å². The Kier molecular flexibility index (Phi) is 5.78. The Hall–Kier alpha value is -1.87. The third-order valence-electron chi connectivity index (χ3n) is 3.65. The first kappa shape index (κ1) is 17.5. The fraction of sp³-hybridized carbons (Fsp3) is 0.571. The molecule has 1 aromatic heterocycles. The second-order valence-corrected chi connectivity index (χ2v) is 7.48. The van der Waals surface area contributed by atoms with Crippen LogP contribution < -0.4 is 15.4 Å². The van der Waals surface area contributed by atoms with Gasteiger partial charge in [0.25, 0.3) is 0 Å². The number of carbonyl (C=O) groups excluding carboxylic acids is 1. The average molecular weight is 342 g/mol. The number of carbonyl (C=O) groups is 1. The van der Waals surface area contributed by atoms with Crippen LogP contribution in [0.5, 0.6) is 5.88 Å². The molecule has 9 heteroatoms. The molecule has 0 aromatic carbocycles. The molecule has 2 N–H and O–H groups in total. The van der Waals surface area contributed by atoms with Crippen molar-refractivity contribution in [2.75, 3.05) is 26.5 Å². The zero-order valence-electron chi connectivity index (χ0n) is 13.3. The number of methoxy groups -OCH3 is 1. The molecule has 2 rings (SSSR count). The SMILES string of the molecule is COc1cc(CNC(=O)NC2CCCN(S(C)(=O)=O)C2)ccn1. The van der Waals surface area contributed by atoms with Gasteiger partial charge in [-0.25, -0.2) is 22.5 Å². The van der Waals surface area contributed by atoms with E-state index in [1.54, 1.807) is 18.3 Å². The highest BCUT2D eigenvalue weighted by Crippen LogP contribution is 2.13. The maximum atomic E-state index is 12.0. The van der Waals surface area contributed by atoms with Crippen LogP contribution in [-0.2, 0) is 16.6 Å². The molecule has 0 radical (unpaired) electrons. The van der Waals surface area contributed by atoms with Crippen molar-refractivity contribution in [3.8, 4) is 5.88 Å². The van der Waals surface area contributed by atoms with Crippen LogP contribution in [0.3, 0.4) is 0 Å². The lowest BCUT2D eigenvalue weighted by molar-refractivity contribution is 0.225. The zero-order chi connectivity index (χ0) is 16.9. The minimum absolute atomic E-state index is 0.176. The molecule has 23 heavy (non-hydrogen) atoms. The van der Waals surface area contributed by atoms with Crippen molar-refractivity contribution in [1.29, 1.82) is 0 Å². The third kappa shape index (κ3) is 5.36. The Morgan fingerprint density at radius 1 is 1.52 bits per heavy atom. The first-order valence-corrected chi connectivity index (χ1v) is 9.21. The molecule has 1 aliphatic rings. The topological polar surface area (TPSA) is 101 Å². The van der Waals surface area contributed by atoms with Crippen LogP contribution in [0.4, 0.5) is 4.79 Å². The van der Waals surface area contributed by atoms with E-state index in [0.29, 0.717) is 25.5 Å². The first-order valence-electron chi connectivity index (χ1n) is 7.37. The maximum absolute atomic E-state index is 12.0. The van der Waals surface area contributed by atoms with Crippen LogP contribution in [0.15, 0.2) is 18.3 Å². The number of hydrogen-bond donors (Lipinski definition) is 2. The lowest BCUT2D eigenvalue weighted by Gasteiger charge is -2.31. The lowest BCUT2D eigenvalue weighted by Crippen LogP contribution is -2.51. The Labute approximate surface area is 136 Å². The van der Waals surface area contributed by atoms with Crippen LogP contribution >= 0.6 is 0 Å². The molecule has 2 amide bonds. The minimum Gasteiger partial charge on any atom is -0.481 e. The molecule has 1 fully saturated rings. The normalized spacial score (nSPS) is 19.1. The Morgan fingerprint density at radius 3 is 3.00 bits per heavy atom. The summed E-state index contributed by atoms with van der Waals surface area (Å²) in [4.78, 5) is 16.0. The monoisotopic (exact) mass is 342 g/mol. The summed E-state index contributed by atoms with van der Waals surface area (Å²) >= 11 is 0. The molecule has 1 aliphatic heterocycles. The molecule has 1 atom stereocenters. The fourth-order valence-electron chi connectivity index (χ4n) is 2.45. The first-order chi connectivity index (χ1) is 10.9. The molecule has 1 aromatic rings. The Morgan fingerprint density at radius 2 is 2.30 bits per heavy atom. The van der Waals surface area contributed by atoms with E-state index >= 15 is 0 Å². The molecule has 2 heterocycles. The van der Waals surface area contributed by atoms with E-state index in [2.05, 4.69) is 15.6 Å². The van der Waals surface area contributed by atoms with E-state index in [0.717, 1.165) is 18.4 Å². The predicted molar refractivity (Wildman–Crippen MR) is 85.6 cm³/mol. The van der Waals surface area contributed by atoms with E-state index in [9.17, 15) is 13.2 Å². The van der Waals surface area contributed by atoms with Gasteiger partial charge < -0.3 is 15.4 Å². The van der Waals surface area contributed by atoms with Crippen molar-refractivity contribution >= 4 is 16.1 Å². The third-order valence-corrected chi connectivity index (χ3v) is 4.92. The largest absolute Gasteiger partial charge is 0.481 e. The molecular weight excluding hydrogens is 320 g/mol. The number of ether oxygens (including phenoxy) is 1. The summed E-state index contributed by atoms with van der Waals surface area (Å²) in [5, 5.41) is 5.57. The standard InChI is InChI=1S/C14H22N4O4S/c1-22-13-8-11(5-6-15-13)9-16-14(19)17-12-4-3-7-18(10-12)23(2,20)21/h5-6,8,12H,3-4,7,9-10H2,1-2H3,(H2,16,17,19). The second-order valence-electron chi connectivity index (χ2n) is 5.49. The number of sulfonamides is 1. The van der Waals surface area contributed by atoms with Gasteiger partial charge in [-0.05, 0) is 24.5 Å². The van der Waals surface area contributed by atoms with Gasteiger partial charge in [0.15, 0.2) is 0 Å². The summed E-state index contributed by atoms with van der Waals surface area (Å²) in [6.45, 7) is 1.16. The Balaban J connectivity index is 1.82. The minimum atomic E-state index is -3.22. The van der Waals surface area contributed by atoms with Crippen LogP contribution in [0, 0.1) is 0 Å². The number of nitrogens with one attached hydrogen (secondary N) is 2. The van der Waals surface area contributed by atoms with Crippen molar-refractivity contribution in [2.24, 2.45) is 0 Å². The molecule has 8 nitrogen and oxygen atoms in total. The van der Waals surface area contributed by atoms with E-state index in [1.165, 1.54) is 17.7 Å². The molecule has 0 saturated carbocycles. The molecular formula is C14H22N4O4S. The number of piperidine rings is 1. The number of pyridine rings is 1. The molecule has 0 aliphatic carbocycles. The van der Waals surface area contributed by atoms with Gasteiger partial charge in [-0.15, -0.1) is 0 Å². The van der Waals surface area contributed by atoms with Crippen molar-refractivity contribution < 1.29 is 17.9 Å². The number of urea groups is 1. The average Bonchev–Trinajstić information content (AvgIpc) is 2.52. The molecule has 128 valence electrons. The van der Waals surface area contributed by atoms with E-state index in [4.69, 9.17) is 4.74 Å². The molecule has 0 bridgehead atoms. The van der Waals surface area contributed by atoms with Gasteiger partial charge in [0.2, 0.25) is 15.9 Å². The van der Waals surface area contributed by atoms with Gasteiger partial charge in [-0.3, -0.25) is 0 Å². The highest BCUT2D eigenvalue weighted by atomic mass is 32.2. The highest BCUT2D eigenvalue weighted by Gasteiger charge is 2.26. The van der Waals surface area contributed by atoms with Crippen LogP contribution in [0.2, 0.25) is 0 Å². The van der Waals surface area contributed by atoms with Gasteiger partial charge in [0.1, 0.15) is 0 Å². The van der Waals surface area contributed by atoms with Gasteiger partial charge >= 0.3 is 6.03 Å². The summed E-state index contributed by atoms with van der Waals surface area (Å²) in [5.41, 5.74) is 0.869. The molecule has 1 saturated heterocycles. The lowest BCUT2D eigenvalue weighted by atomic mass is 10.1.